The quantitative estimate of drug-likeness (QED) is 0.438. The Hall–Kier alpha value is -2.10. The van der Waals surface area contributed by atoms with Gasteiger partial charge in [-0.15, -0.1) is 0 Å². The van der Waals surface area contributed by atoms with Crippen LogP contribution in [0.25, 0.3) is 0 Å². The smallest absolute Gasteiger partial charge is 0.335 e. The van der Waals surface area contributed by atoms with E-state index in [-0.39, 0.29) is 11.3 Å². The molecule has 0 radical (unpaired) electrons. The third-order valence-electron chi connectivity index (χ3n) is 1.53. The van der Waals surface area contributed by atoms with E-state index in [2.05, 4.69) is 6.58 Å². The summed E-state index contributed by atoms with van der Waals surface area (Å²) in [7, 11) is 0. The van der Waals surface area contributed by atoms with Crippen molar-refractivity contribution in [3.8, 4) is 5.75 Å². The zero-order valence-electron chi connectivity index (χ0n) is 7.40. The molecule has 0 saturated carbocycles. The lowest BCUT2D eigenvalue weighted by atomic mass is 10.2. The van der Waals surface area contributed by atoms with Crippen molar-refractivity contribution in [2.75, 3.05) is 0 Å². The normalized spacial score (nSPS) is 9.14. The number of esters is 1. The van der Waals surface area contributed by atoms with E-state index in [1.807, 2.05) is 0 Å². The van der Waals surface area contributed by atoms with Crippen LogP contribution in [0.1, 0.15) is 10.4 Å². The maximum atomic E-state index is 10.9. The number of carbonyl (C=O) groups excluding carboxylic acids is 2. The van der Waals surface area contributed by atoms with E-state index in [0.29, 0.717) is 0 Å². The fourth-order valence-corrected chi connectivity index (χ4v) is 0.909. The van der Waals surface area contributed by atoms with Crippen LogP contribution in [0.4, 0.5) is 0 Å². The van der Waals surface area contributed by atoms with Gasteiger partial charge in [-0.2, -0.15) is 0 Å². The van der Waals surface area contributed by atoms with Gasteiger partial charge >= 0.3 is 5.97 Å². The van der Waals surface area contributed by atoms with E-state index in [0.717, 1.165) is 6.08 Å². The Kier molecular flexibility index (Phi) is 3.01. The fourth-order valence-electron chi connectivity index (χ4n) is 0.909. The Morgan fingerprint density at radius 2 is 2.00 bits per heavy atom. The minimum atomic E-state index is -0.641. The topological polar surface area (TPSA) is 69.4 Å². The molecule has 1 amide bonds. The summed E-state index contributed by atoms with van der Waals surface area (Å²) in [5, 5.41) is 0. The standard InChI is InChI=1S/C10H9NO3/c1-2-9(12)14-8-6-4-3-5-7(8)10(11)13/h2-6H,1H2,(H2,11,13). The van der Waals surface area contributed by atoms with Crippen LogP contribution in [0.15, 0.2) is 36.9 Å². The minimum absolute atomic E-state index is 0.143. The Morgan fingerprint density at radius 3 is 2.57 bits per heavy atom. The first-order chi connectivity index (χ1) is 6.65. The molecule has 1 aromatic rings. The third kappa shape index (κ3) is 2.20. The Balaban J connectivity index is 3.01. The zero-order valence-corrected chi connectivity index (χ0v) is 7.40. The van der Waals surface area contributed by atoms with Gasteiger partial charge < -0.3 is 10.5 Å². The van der Waals surface area contributed by atoms with Gasteiger partial charge in [-0.3, -0.25) is 4.79 Å². The van der Waals surface area contributed by atoms with Gasteiger partial charge in [0.05, 0.1) is 5.56 Å². The van der Waals surface area contributed by atoms with Gasteiger partial charge in [-0.25, -0.2) is 4.79 Å². The molecule has 4 heteroatoms. The van der Waals surface area contributed by atoms with Crippen molar-refractivity contribution >= 4 is 11.9 Å². The maximum absolute atomic E-state index is 10.9. The van der Waals surface area contributed by atoms with Crippen molar-refractivity contribution in [3.63, 3.8) is 0 Å². The van der Waals surface area contributed by atoms with Gasteiger partial charge in [-0.1, -0.05) is 18.7 Å². The number of amides is 1. The molecule has 0 aromatic heterocycles. The number of benzene rings is 1. The summed E-state index contributed by atoms with van der Waals surface area (Å²) in [6.45, 7) is 3.24. The molecule has 0 unspecified atom stereocenters. The van der Waals surface area contributed by atoms with E-state index in [9.17, 15) is 9.59 Å². The zero-order chi connectivity index (χ0) is 10.6. The summed E-state index contributed by atoms with van der Waals surface area (Å²) < 4.78 is 4.80. The molecule has 14 heavy (non-hydrogen) atoms. The molecule has 0 bridgehead atoms. The van der Waals surface area contributed by atoms with Gasteiger partial charge in [0.2, 0.25) is 0 Å². The first-order valence-corrected chi connectivity index (χ1v) is 3.88. The van der Waals surface area contributed by atoms with Gasteiger partial charge in [0.25, 0.3) is 5.91 Å². The fraction of sp³-hybridized carbons (Fsp3) is 0. The van der Waals surface area contributed by atoms with Crippen LogP contribution in [-0.4, -0.2) is 11.9 Å². The van der Waals surface area contributed by atoms with Crippen LogP contribution in [0, 0.1) is 0 Å². The second-order valence-corrected chi connectivity index (χ2v) is 2.49. The Labute approximate surface area is 81.0 Å². The first-order valence-electron chi connectivity index (χ1n) is 3.88. The van der Waals surface area contributed by atoms with Crippen LogP contribution in [0.3, 0.4) is 0 Å². The van der Waals surface area contributed by atoms with E-state index in [4.69, 9.17) is 10.5 Å². The number of hydrogen-bond acceptors (Lipinski definition) is 3. The van der Waals surface area contributed by atoms with Gasteiger partial charge in [0.15, 0.2) is 0 Å². The van der Waals surface area contributed by atoms with E-state index < -0.39 is 11.9 Å². The van der Waals surface area contributed by atoms with Crippen molar-refractivity contribution < 1.29 is 14.3 Å². The van der Waals surface area contributed by atoms with Crippen molar-refractivity contribution in [1.82, 2.24) is 0 Å². The highest BCUT2D eigenvalue weighted by atomic mass is 16.5. The average Bonchev–Trinajstić information content (AvgIpc) is 2.18. The summed E-state index contributed by atoms with van der Waals surface area (Å²) in [4.78, 5) is 21.8. The highest BCUT2D eigenvalue weighted by Gasteiger charge is 2.09. The number of primary amides is 1. The van der Waals surface area contributed by atoms with Crippen molar-refractivity contribution in [1.29, 1.82) is 0 Å². The second-order valence-electron chi connectivity index (χ2n) is 2.49. The van der Waals surface area contributed by atoms with Gasteiger partial charge in [0.1, 0.15) is 5.75 Å². The number of rotatable bonds is 3. The first kappa shape index (κ1) is 9.98. The Morgan fingerprint density at radius 1 is 1.36 bits per heavy atom. The molecular formula is C10H9NO3. The molecule has 0 atom stereocenters. The van der Waals surface area contributed by atoms with Gasteiger partial charge in [-0.05, 0) is 12.1 Å². The number of hydrogen-bond donors (Lipinski definition) is 1. The molecule has 4 nitrogen and oxygen atoms in total. The molecule has 2 N–H and O–H groups in total. The van der Waals surface area contributed by atoms with Gasteiger partial charge in [0, 0.05) is 6.08 Å². The highest BCUT2D eigenvalue weighted by molar-refractivity contribution is 5.96. The van der Waals surface area contributed by atoms with E-state index in [1.165, 1.54) is 12.1 Å². The van der Waals surface area contributed by atoms with E-state index >= 15 is 0 Å². The molecule has 0 saturated heterocycles. The summed E-state index contributed by atoms with van der Waals surface area (Å²) >= 11 is 0. The summed E-state index contributed by atoms with van der Waals surface area (Å²) in [6.07, 6.45) is 1.01. The predicted molar refractivity (Wildman–Crippen MR) is 50.8 cm³/mol. The summed E-state index contributed by atoms with van der Waals surface area (Å²) in [5.41, 5.74) is 5.24. The largest absolute Gasteiger partial charge is 0.423 e. The molecule has 0 fully saturated rings. The van der Waals surface area contributed by atoms with Crippen LogP contribution >= 0.6 is 0 Å². The van der Waals surface area contributed by atoms with E-state index in [1.54, 1.807) is 12.1 Å². The maximum Gasteiger partial charge on any atom is 0.335 e. The molecule has 1 rings (SSSR count). The SMILES string of the molecule is C=CC(=O)Oc1ccccc1C(N)=O. The molecule has 0 spiro atoms. The number of ether oxygens (including phenoxy) is 1. The summed E-state index contributed by atoms with van der Waals surface area (Å²) in [5.74, 6) is -1.12. The molecule has 0 aliphatic rings. The Bertz CT molecular complexity index is 385. The molecule has 1 aromatic carbocycles. The minimum Gasteiger partial charge on any atom is -0.423 e. The molecule has 0 aliphatic carbocycles. The van der Waals surface area contributed by atoms with Crippen LogP contribution in [0.2, 0.25) is 0 Å². The van der Waals surface area contributed by atoms with Crippen molar-refractivity contribution in [2.24, 2.45) is 5.73 Å². The third-order valence-corrected chi connectivity index (χ3v) is 1.53. The van der Waals surface area contributed by atoms with Crippen LogP contribution in [-0.2, 0) is 4.79 Å². The molecule has 0 aliphatic heterocycles. The number of nitrogens with two attached hydrogens (primary N) is 1. The molecule has 0 heterocycles. The van der Waals surface area contributed by atoms with Crippen LogP contribution in [0.5, 0.6) is 5.75 Å². The lowest BCUT2D eigenvalue weighted by Gasteiger charge is -2.04. The molecular weight excluding hydrogens is 182 g/mol. The summed E-state index contributed by atoms with van der Waals surface area (Å²) in [6, 6.07) is 6.24. The number of para-hydroxylation sites is 1. The highest BCUT2D eigenvalue weighted by Crippen LogP contribution is 2.17. The monoisotopic (exact) mass is 191 g/mol. The van der Waals surface area contributed by atoms with Crippen molar-refractivity contribution in [2.45, 2.75) is 0 Å². The lowest BCUT2D eigenvalue weighted by molar-refractivity contribution is -0.128. The predicted octanol–water partition coefficient (Wildman–Crippen LogP) is 0.877. The van der Waals surface area contributed by atoms with Crippen molar-refractivity contribution in [3.05, 3.63) is 42.5 Å². The second kappa shape index (κ2) is 4.23. The molecule has 72 valence electrons. The van der Waals surface area contributed by atoms with Crippen LogP contribution < -0.4 is 10.5 Å². The average molecular weight is 191 g/mol. The lowest BCUT2D eigenvalue weighted by Crippen LogP contribution is -2.14. The number of carbonyl (C=O) groups is 2.